The fourth-order valence-electron chi connectivity index (χ4n) is 5.80. The van der Waals surface area contributed by atoms with Gasteiger partial charge >= 0.3 is 142 Å². The Hall–Kier alpha value is -5.02. The van der Waals surface area contributed by atoms with Gasteiger partial charge in [-0.05, 0) is 0 Å². The van der Waals surface area contributed by atoms with E-state index >= 15 is 0 Å². The molecule has 15 nitrogen and oxygen atoms in total. The lowest BCUT2D eigenvalue weighted by atomic mass is 9.88. The number of halogens is 56. The Morgan fingerprint density at radius 2 is 0.619 bits per heavy atom. The van der Waals surface area contributed by atoms with Crippen LogP contribution in [0.25, 0.3) is 0 Å². The summed E-state index contributed by atoms with van der Waals surface area (Å²) in [5.74, 6) is -112. The minimum Gasteiger partial charge on any atom is -0.748 e. The van der Waals surface area contributed by atoms with Crippen molar-refractivity contribution >= 4 is 50.6 Å². The number of rotatable bonds is 20. The van der Waals surface area contributed by atoms with Gasteiger partial charge in [0, 0.05) is 50.0 Å². The fourth-order valence-corrected chi connectivity index (χ4v) is 9.73. The molecule has 1 aliphatic rings. The van der Waals surface area contributed by atoms with E-state index in [1.54, 1.807) is 0 Å². The van der Waals surface area contributed by atoms with Gasteiger partial charge in [-0.15, -0.1) is 0 Å². The summed E-state index contributed by atoms with van der Waals surface area (Å²) in [4.78, 5) is 0. The lowest BCUT2D eigenvalue weighted by molar-refractivity contribution is -0.444. The van der Waals surface area contributed by atoms with Gasteiger partial charge in [0.1, 0.15) is 67.5 Å². The van der Waals surface area contributed by atoms with Crippen molar-refractivity contribution in [2.24, 2.45) is 0 Å². The molecular weight excluding hydrogens is 1910 g/mol. The first kappa shape index (κ1) is 126. The summed E-state index contributed by atoms with van der Waals surface area (Å²) in [7, 11) is -35.2. The highest BCUT2D eigenvalue weighted by Gasteiger charge is 2.94. The standard InChI is InChI=1S/C14H4F26O3S.C5H2F10O3S.C5H4F6O3S.2C4H3F7O3S.5CH3/c15-3(16,5(19,20)7(23,24)9(27,28)11(31,32)13(35,36)37)1-2(44(41,42)43)4(17,18)6(21,22)8(25,26)10(29,30)12(33,34)14(38,39)40;6-1(2(7,8)4(10,11)12)3(9,5(13,14)15)19(16,17)18;6-3(7)1-2(15(12,13)14)4(8,9)5(3,10)11;5-2(4(9,10)11,15(12,13)14)1-3(6,7)8;5-1(3(6,7)8)2(4(9,10)11)15(12,13)14;;;;;/h2H,1H2,(H,41,42,43);1H,(H,16,17,18);2H,1H2,(H,12,13,14);1H2,(H,12,13,14);1-2H,(H,12,13,14);5*1H3/q;;;;;5*+1/p-5. The molecule has 7 atom stereocenters. The molecule has 0 aliphatic heterocycles. The second kappa shape index (κ2) is 34.4. The summed E-state index contributed by atoms with van der Waals surface area (Å²) in [6, 6.07) is 0. The topological polar surface area (TPSA) is 286 Å². The highest BCUT2D eigenvalue weighted by Crippen LogP contribution is 2.65. The molecule has 1 rings (SSSR count). The van der Waals surface area contributed by atoms with E-state index in [0.29, 0.717) is 0 Å². The molecule has 1 saturated carbocycles. The first-order valence-electron chi connectivity index (χ1n) is 22.3. The Morgan fingerprint density at radius 1 is 0.336 bits per heavy atom. The summed E-state index contributed by atoms with van der Waals surface area (Å²) >= 11 is 0. The van der Waals surface area contributed by atoms with Crippen LogP contribution in [-0.4, -0.2) is 235 Å². The molecule has 0 bridgehead atoms. The van der Waals surface area contributed by atoms with E-state index in [1.807, 2.05) is 0 Å². The molecule has 7 unspecified atom stereocenters. The SMILES string of the molecule is O=S(=O)([O-])C(C(F)C(F)(F)F)C(F)(F)F.O=S(=O)([O-])C(CC(F)(F)C(F)(F)C(F)(F)C(F)(F)C(F)(F)C(F)(F)F)C(F)(F)C(F)(F)C(F)(F)C(F)(F)C(F)(F)C(F)(F)F.O=S(=O)([O-])C(F)(C(F)C(F)(F)C(F)(F)F)C(F)(F)F.O=S(=O)([O-])C(F)(CC(F)(F)F)C(F)(F)F.O=S(=O)([O-])C1CC(F)(F)C(F)(F)C1(F)F.[CH3+].[CH3+].[CH3+].[CH3+].[CH3+]. The van der Waals surface area contributed by atoms with Crippen LogP contribution in [0, 0.1) is 37.1 Å². The summed E-state index contributed by atoms with van der Waals surface area (Å²) in [5.41, 5.74) is 0. The summed E-state index contributed by atoms with van der Waals surface area (Å²) < 4.78 is 850. The van der Waals surface area contributed by atoms with Crippen LogP contribution in [-0.2, 0) is 50.6 Å². The predicted molar refractivity (Wildman–Crippen MR) is 241 cm³/mol. The van der Waals surface area contributed by atoms with Crippen molar-refractivity contribution in [2.75, 3.05) is 0 Å². The molecule has 0 N–H and O–H groups in total. The monoisotopic (exact) mass is 1930 g/mol. The van der Waals surface area contributed by atoms with Crippen LogP contribution in [0.2, 0.25) is 0 Å². The fraction of sp³-hybridized carbons (Fsp3) is 0.865. The van der Waals surface area contributed by atoms with Gasteiger partial charge in [-0.3, -0.25) is 0 Å². The second-order valence-electron chi connectivity index (χ2n) is 19.1. The largest absolute Gasteiger partial charge is 0.748 e. The third kappa shape index (κ3) is 23.9. The summed E-state index contributed by atoms with van der Waals surface area (Å²) in [6.07, 6.45) is -76.8. The predicted octanol–water partition coefficient (Wildman–Crippen LogP) is 16.6. The number of hydrogen-bond donors (Lipinski definition) is 0. The molecule has 0 spiro atoms. The van der Waals surface area contributed by atoms with Crippen molar-refractivity contribution in [1.29, 1.82) is 0 Å². The normalized spacial score (nSPS) is 19.5. The Morgan fingerprint density at radius 3 is 0.770 bits per heavy atom. The average Bonchev–Trinajstić information content (AvgIpc) is 1.27. The van der Waals surface area contributed by atoms with Gasteiger partial charge in [-0.2, -0.15) is 228 Å². The van der Waals surface area contributed by atoms with Crippen LogP contribution < -0.4 is 0 Å². The zero-order valence-corrected chi connectivity index (χ0v) is 55.4. The molecule has 0 radical (unpaired) electrons. The van der Waals surface area contributed by atoms with Gasteiger partial charge in [-0.25, -0.2) is 59.7 Å². The zero-order chi connectivity index (χ0) is 90.5. The van der Waals surface area contributed by atoms with Gasteiger partial charge in [0.15, 0.2) is 5.25 Å². The number of hydrogen-bond acceptors (Lipinski definition) is 15. The van der Waals surface area contributed by atoms with E-state index < -0.39 is 240 Å². The van der Waals surface area contributed by atoms with Gasteiger partial charge in [0.05, 0.1) is 0 Å². The van der Waals surface area contributed by atoms with Crippen molar-refractivity contribution in [2.45, 2.75) is 190 Å². The first-order valence-corrected chi connectivity index (χ1v) is 29.5. The highest BCUT2D eigenvalue weighted by atomic mass is 32.2. The molecule has 1 fully saturated rings. The Bertz CT molecular complexity index is 3660. The van der Waals surface area contributed by atoms with E-state index in [-0.39, 0.29) is 37.1 Å². The van der Waals surface area contributed by atoms with E-state index in [1.165, 1.54) is 0 Å². The third-order valence-corrected chi connectivity index (χ3v) is 17.2. The van der Waals surface area contributed by atoms with Crippen molar-refractivity contribution in [3.63, 3.8) is 0 Å². The van der Waals surface area contributed by atoms with Crippen LogP contribution in [0.1, 0.15) is 19.3 Å². The maximum absolute atomic E-state index is 14.0. The molecule has 0 aromatic heterocycles. The minimum atomic E-state index is -9.14. The Balaban J connectivity index is -0.000000186. The Kier molecular flexibility index (Phi) is 38.4. The number of alkyl halides is 56. The molecule has 0 amide bonds. The van der Waals surface area contributed by atoms with E-state index in [9.17, 15) is 311 Å². The van der Waals surface area contributed by atoms with E-state index in [4.69, 9.17) is 0 Å². The van der Waals surface area contributed by atoms with Crippen LogP contribution in [0.3, 0.4) is 0 Å². The van der Waals surface area contributed by atoms with Gasteiger partial charge in [-0.1, -0.05) is 0 Å². The zero-order valence-electron chi connectivity index (χ0n) is 51.3. The molecule has 0 aromatic carbocycles. The van der Waals surface area contributed by atoms with Crippen LogP contribution >= 0.6 is 0 Å². The van der Waals surface area contributed by atoms with E-state index in [2.05, 4.69) is 0 Å². The molecule has 1 aliphatic carbocycles. The lowest BCUT2D eigenvalue weighted by Gasteiger charge is -2.44. The van der Waals surface area contributed by atoms with Gasteiger partial charge in [0.2, 0.25) is 12.3 Å². The first-order chi connectivity index (χ1) is 45.1. The molecule has 76 heteroatoms. The van der Waals surface area contributed by atoms with Crippen LogP contribution in [0.5, 0.6) is 0 Å². The van der Waals surface area contributed by atoms with Gasteiger partial charge in [0.25, 0.3) is 0 Å². The van der Waals surface area contributed by atoms with Crippen molar-refractivity contribution in [3.05, 3.63) is 37.1 Å². The average molecular weight is 1930 g/mol. The van der Waals surface area contributed by atoms with Crippen molar-refractivity contribution in [3.8, 4) is 0 Å². The highest BCUT2D eigenvalue weighted by molar-refractivity contribution is 7.87. The third-order valence-electron chi connectivity index (χ3n) is 11.5. The van der Waals surface area contributed by atoms with E-state index in [0.717, 1.165) is 0 Å². The van der Waals surface area contributed by atoms with Crippen LogP contribution in [0.4, 0.5) is 246 Å². The molecule has 0 heterocycles. The Labute approximate surface area is 587 Å². The molecular formula is C37H26F56O15S5. The van der Waals surface area contributed by atoms with Crippen molar-refractivity contribution < 1.29 is 311 Å². The quantitative estimate of drug-likeness (QED) is 0.0622. The van der Waals surface area contributed by atoms with Gasteiger partial charge < -0.3 is 22.8 Å². The summed E-state index contributed by atoms with van der Waals surface area (Å²) in [6.45, 7) is 0. The van der Waals surface area contributed by atoms with Crippen molar-refractivity contribution in [1.82, 2.24) is 0 Å². The minimum absolute atomic E-state index is 0. The molecule has 0 saturated heterocycles. The van der Waals surface area contributed by atoms with Crippen LogP contribution in [0.15, 0.2) is 0 Å². The lowest BCUT2D eigenvalue weighted by Crippen LogP contribution is -2.73. The molecule has 113 heavy (non-hydrogen) atoms. The smallest absolute Gasteiger partial charge is 0.460 e. The molecule has 686 valence electrons. The summed E-state index contributed by atoms with van der Waals surface area (Å²) in [5, 5.41) is -27.7. The second-order valence-corrected chi connectivity index (χ2v) is 26.8. The maximum Gasteiger partial charge on any atom is 0.460 e. The maximum atomic E-state index is 14.0. The molecule has 0 aromatic rings.